The number of carbonyl (C=O) groups is 1. The molecule has 3 rings (SSSR count). The Balaban J connectivity index is 1.23. The van der Waals surface area contributed by atoms with Crippen LogP contribution in [0.4, 0.5) is 11.4 Å². The fourth-order valence-corrected chi connectivity index (χ4v) is 5.38. The second kappa shape index (κ2) is 17.4. The summed E-state index contributed by atoms with van der Waals surface area (Å²) in [6, 6.07) is 15.7. The summed E-state index contributed by atoms with van der Waals surface area (Å²) >= 11 is 12.7. The minimum Gasteiger partial charge on any atom is -0.488 e. The predicted molar refractivity (Wildman–Crippen MR) is 154 cm³/mol. The predicted octanol–water partition coefficient (Wildman–Crippen LogP) is 6.70. The van der Waals surface area contributed by atoms with E-state index in [1.54, 1.807) is 58.1 Å². The summed E-state index contributed by atoms with van der Waals surface area (Å²) in [5.74, 6) is 0.167. The van der Waals surface area contributed by atoms with Gasteiger partial charge in [-0.25, -0.2) is 9.78 Å². The van der Waals surface area contributed by atoms with Crippen LogP contribution in [0.25, 0.3) is 0 Å². The number of halogens is 2. The molecule has 0 amide bonds. The van der Waals surface area contributed by atoms with Gasteiger partial charge in [-0.1, -0.05) is 52.2 Å². The number of aromatic carboxylic acids is 1. The zero-order chi connectivity index (χ0) is 27.0. The molecule has 1 heterocycles. The average Bonchev–Trinajstić information content (AvgIpc) is 2.91. The number of pyridine rings is 1. The summed E-state index contributed by atoms with van der Waals surface area (Å²) in [7, 11) is 3.34. The second-order valence-corrected chi connectivity index (χ2v) is 10.8. The Morgan fingerprint density at radius 3 is 2.16 bits per heavy atom. The molecule has 2 aromatic carbocycles. The third-order valence-corrected chi connectivity index (χ3v) is 7.54. The molecule has 3 aromatic rings. The van der Waals surface area contributed by atoms with Gasteiger partial charge in [-0.15, -0.1) is 0 Å². The van der Waals surface area contributed by atoms with E-state index < -0.39 is 5.97 Å². The molecule has 0 radical (unpaired) electrons. The maximum Gasteiger partial charge on any atom is 0.337 e. The molecule has 0 atom stereocenters. The minimum absolute atomic E-state index is 0.138. The van der Waals surface area contributed by atoms with Crippen molar-refractivity contribution in [2.45, 2.75) is 5.03 Å². The quantitative estimate of drug-likeness (QED) is 0.121. The van der Waals surface area contributed by atoms with Gasteiger partial charge in [0.05, 0.1) is 60.9 Å². The number of carboxylic acid groups (broad SMARTS) is 1. The first-order valence-electron chi connectivity index (χ1n) is 11.7. The molecule has 0 aliphatic heterocycles. The SMILES string of the molecule is O=C(O)c1ccccc1Nc1cc(Cl)c(OCCOCCOCCOCCSSc2ccccn2)c(Cl)c1. The highest BCUT2D eigenvalue weighted by atomic mass is 35.5. The van der Waals surface area contributed by atoms with Crippen LogP contribution in [-0.4, -0.2) is 68.1 Å². The third kappa shape index (κ3) is 10.9. The Hall–Kier alpha value is -2.18. The lowest BCUT2D eigenvalue weighted by Gasteiger charge is -2.14. The van der Waals surface area contributed by atoms with E-state index in [2.05, 4.69) is 10.3 Å². The van der Waals surface area contributed by atoms with E-state index in [1.807, 2.05) is 18.2 Å². The van der Waals surface area contributed by atoms with Crippen molar-refractivity contribution in [2.24, 2.45) is 0 Å². The average molecular weight is 600 g/mol. The van der Waals surface area contributed by atoms with Gasteiger partial charge in [-0.05, 0) is 47.2 Å². The Bertz CT molecular complexity index is 1120. The first-order valence-corrected chi connectivity index (χ1v) is 14.8. The Morgan fingerprint density at radius 1 is 0.868 bits per heavy atom. The van der Waals surface area contributed by atoms with Crippen LogP contribution >= 0.6 is 44.8 Å². The maximum absolute atomic E-state index is 11.4. The fourth-order valence-electron chi connectivity index (χ4n) is 3.04. The molecule has 0 saturated carbocycles. The molecule has 204 valence electrons. The molecule has 0 spiro atoms. The highest BCUT2D eigenvalue weighted by Crippen LogP contribution is 2.37. The van der Waals surface area contributed by atoms with E-state index in [1.165, 1.54) is 6.07 Å². The Morgan fingerprint density at radius 2 is 1.50 bits per heavy atom. The van der Waals surface area contributed by atoms with Gasteiger partial charge in [-0.2, -0.15) is 0 Å². The molecular weight excluding hydrogens is 571 g/mol. The molecule has 0 bridgehead atoms. The van der Waals surface area contributed by atoms with Crippen LogP contribution in [0.1, 0.15) is 10.4 Å². The van der Waals surface area contributed by atoms with Crippen LogP contribution in [0.5, 0.6) is 5.75 Å². The molecule has 0 saturated heterocycles. The topological polar surface area (TPSA) is 99.1 Å². The van der Waals surface area contributed by atoms with Gasteiger partial charge in [0.1, 0.15) is 11.6 Å². The third-order valence-electron chi connectivity index (χ3n) is 4.75. The van der Waals surface area contributed by atoms with E-state index in [-0.39, 0.29) is 12.2 Å². The number of hydrogen-bond acceptors (Lipinski definition) is 9. The van der Waals surface area contributed by atoms with Crippen LogP contribution in [0, 0.1) is 0 Å². The molecule has 12 heteroatoms. The summed E-state index contributed by atoms with van der Waals surface area (Å²) in [5, 5.41) is 13.9. The van der Waals surface area contributed by atoms with Gasteiger partial charge >= 0.3 is 5.97 Å². The lowest BCUT2D eigenvalue weighted by Crippen LogP contribution is -2.13. The van der Waals surface area contributed by atoms with E-state index in [0.29, 0.717) is 66.8 Å². The Kier molecular flexibility index (Phi) is 13.9. The number of carboxylic acids is 1. The van der Waals surface area contributed by atoms with E-state index in [9.17, 15) is 9.90 Å². The number of hydrogen-bond donors (Lipinski definition) is 2. The van der Waals surface area contributed by atoms with Gasteiger partial charge in [0.25, 0.3) is 0 Å². The van der Waals surface area contributed by atoms with Crippen molar-refractivity contribution < 1.29 is 28.8 Å². The number of nitrogens with zero attached hydrogens (tertiary/aromatic N) is 1. The molecule has 0 unspecified atom stereocenters. The number of benzene rings is 2. The van der Waals surface area contributed by atoms with Gasteiger partial charge in [-0.3, -0.25) is 0 Å². The number of aromatic nitrogens is 1. The molecule has 8 nitrogen and oxygen atoms in total. The fraction of sp³-hybridized carbons (Fsp3) is 0.308. The van der Waals surface area contributed by atoms with Crippen molar-refractivity contribution in [3.8, 4) is 5.75 Å². The molecular formula is C26H28Cl2N2O6S2. The zero-order valence-corrected chi connectivity index (χ0v) is 23.6. The smallest absolute Gasteiger partial charge is 0.337 e. The van der Waals surface area contributed by atoms with Crippen LogP contribution in [0.2, 0.25) is 10.0 Å². The van der Waals surface area contributed by atoms with Gasteiger partial charge < -0.3 is 29.4 Å². The number of rotatable bonds is 18. The van der Waals surface area contributed by atoms with Crippen LogP contribution in [0.3, 0.4) is 0 Å². The summed E-state index contributed by atoms with van der Waals surface area (Å²) < 4.78 is 22.2. The van der Waals surface area contributed by atoms with Crippen LogP contribution in [0.15, 0.2) is 65.8 Å². The van der Waals surface area contributed by atoms with Crippen molar-refractivity contribution in [3.63, 3.8) is 0 Å². The normalized spacial score (nSPS) is 10.9. The highest BCUT2D eigenvalue weighted by molar-refractivity contribution is 8.76. The van der Waals surface area contributed by atoms with Crippen molar-refractivity contribution in [2.75, 3.05) is 57.3 Å². The van der Waals surface area contributed by atoms with Crippen molar-refractivity contribution in [1.82, 2.24) is 4.98 Å². The maximum atomic E-state index is 11.4. The highest BCUT2D eigenvalue weighted by Gasteiger charge is 2.13. The van der Waals surface area contributed by atoms with Crippen molar-refractivity contribution in [1.29, 1.82) is 0 Å². The van der Waals surface area contributed by atoms with Gasteiger partial charge in [0.15, 0.2) is 5.75 Å². The summed E-state index contributed by atoms with van der Waals surface area (Å²) in [6.45, 7) is 3.15. The summed E-state index contributed by atoms with van der Waals surface area (Å²) in [4.78, 5) is 15.7. The summed E-state index contributed by atoms with van der Waals surface area (Å²) in [6.07, 6.45) is 1.78. The number of nitrogens with one attached hydrogen (secondary N) is 1. The largest absolute Gasteiger partial charge is 0.488 e. The summed E-state index contributed by atoms with van der Waals surface area (Å²) in [5.41, 5.74) is 1.11. The lowest BCUT2D eigenvalue weighted by atomic mass is 10.1. The van der Waals surface area contributed by atoms with Gasteiger partial charge in [0, 0.05) is 17.6 Å². The Labute approximate surface area is 239 Å². The molecule has 2 N–H and O–H groups in total. The lowest BCUT2D eigenvalue weighted by molar-refractivity contribution is 0.0118. The molecule has 0 aliphatic rings. The van der Waals surface area contributed by atoms with E-state index >= 15 is 0 Å². The van der Waals surface area contributed by atoms with Crippen LogP contribution < -0.4 is 10.1 Å². The number of ether oxygens (including phenoxy) is 4. The molecule has 0 fully saturated rings. The molecule has 1 aromatic heterocycles. The first-order chi connectivity index (χ1) is 18.5. The monoisotopic (exact) mass is 598 g/mol. The number of para-hydroxylation sites is 1. The first kappa shape index (κ1) is 30.4. The number of anilines is 2. The van der Waals surface area contributed by atoms with Crippen molar-refractivity contribution >= 4 is 62.1 Å². The standard InChI is InChI=1S/C26H28Cl2N2O6S2/c27-21-17-19(30-23-6-2-1-5-20(23)26(31)32)18-22(28)25(21)36-14-13-34-10-9-33-11-12-35-15-16-37-38-24-7-3-4-8-29-24/h1-8,17-18,30H,9-16H2,(H,31,32). The second-order valence-electron chi connectivity index (χ2n) is 7.50. The molecule has 0 aliphatic carbocycles. The molecule has 38 heavy (non-hydrogen) atoms. The van der Waals surface area contributed by atoms with Crippen molar-refractivity contribution in [3.05, 3.63) is 76.4 Å². The minimum atomic E-state index is -1.04. The zero-order valence-electron chi connectivity index (χ0n) is 20.4. The van der Waals surface area contributed by atoms with Gasteiger partial charge in [0.2, 0.25) is 0 Å². The van der Waals surface area contributed by atoms with Crippen LogP contribution in [-0.2, 0) is 14.2 Å². The van der Waals surface area contributed by atoms with E-state index in [4.69, 9.17) is 42.1 Å². The van der Waals surface area contributed by atoms with E-state index in [0.717, 1.165) is 10.8 Å².